The predicted molar refractivity (Wildman–Crippen MR) is 107 cm³/mol. The Labute approximate surface area is 167 Å². The summed E-state index contributed by atoms with van der Waals surface area (Å²) in [7, 11) is 0. The quantitative estimate of drug-likeness (QED) is 0.722. The molecule has 1 N–H and O–H groups in total. The van der Waals surface area contributed by atoms with E-state index in [1.807, 2.05) is 30.3 Å². The van der Waals surface area contributed by atoms with Crippen molar-refractivity contribution in [1.29, 1.82) is 0 Å². The molecule has 1 aliphatic carbocycles. The molecule has 7 heteroatoms. The van der Waals surface area contributed by atoms with Crippen LogP contribution in [0.25, 0.3) is 10.8 Å². The highest BCUT2D eigenvalue weighted by atomic mass is 16.6. The Morgan fingerprint density at radius 1 is 1.14 bits per heavy atom. The summed E-state index contributed by atoms with van der Waals surface area (Å²) in [4.78, 5) is 25.4. The molecule has 1 atom stereocenters. The average molecular weight is 391 g/mol. The zero-order valence-corrected chi connectivity index (χ0v) is 15.8. The number of carbonyl (C=O) groups excluding carboxylic acids is 1. The summed E-state index contributed by atoms with van der Waals surface area (Å²) in [6, 6.07) is 12.9. The maximum absolute atomic E-state index is 12.7. The molecule has 5 rings (SSSR count). The van der Waals surface area contributed by atoms with Gasteiger partial charge in [-0.05, 0) is 42.5 Å². The van der Waals surface area contributed by atoms with Gasteiger partial charge in [-0.3, -0.25) is 9.59 Å². The molecule has 0 radical (unpaired) electrons. The van der Waals surface area contributed by atoms with Crippen molar-refractivity contribution in [2.45, 2.75) is 25.4 Å². The van der Waals surface area contributed by atoms with E-state index in [0.717, 1.165) is 29.5 Å². The van der Waals surface area contributed by atoms with Gasteiger partial charge in [-0.2, -0.15) is 5.10 Å². The second kappa shape index (κ2) is 7.24. The molecule has 2 aromatic carbocycles. The number of benzene rings is 2. The van der Waals surface area contributed by atoms with Gasteiger partial charge in [0.25, 0.3) is 5.56 Å². The van der Waals surface area contributed by atoms with Gasteiger partial charge in [0, 0.05) is 5.39 Å². The predicted octanol–water partition coefficient (Wildman–Crippen LogP) is 2.44. The van der Waals surface area contributed by atoms with E-state index in [4.69, 9.17) is 9.47 Å². The number of aromatic nitrogens is 2. The van der Waals surface area contributed by atoms with Crippen LogP contribution in [0.2, 0.25) is 0 Å². The van der Waals surface area contributed by atoms with Crippen LogP contribution in [0.4, 0.5) is 0 Å². The molecule has 0 saturated heterocycles. The van der Waals surface area contributed by atoms with Crippen molar-refractivity contribution < 1.29 is 14.3 Å². The van der Waals surface area contributed by atoms with Gasteiger partial charge in [0.15, 0.2) is 11.5 Å². The number of carbonyl (C=O) groups is 1. The third kappa shape index (κ3) is 3.55. The fourth-order valence-electron chi connectivity index (χ4n) is 3.75. The molecule has 1 unspecified atom stereocenters. The molecule has 1 fully saturated rings. The smallest absolute Gasteiger partial charge is 0.275 e. The van der Waals surface area contributed by atoms with Gasteiger partial charge in [-0.25, -0.2) is 4.68 Å². The number of hydrogen-bond donors (Lipinski definition) is 1. The van der Waals surface area contributed by atoms with Crippen molar-refractivity contribution in [1.82, 2.24) is 15.1 Å². The second-order valence-corrected chi connectivity index (χ2v) is 7.48. The number of nitrogens with zero attached hydrogens (tertiary/aromatic N) is 2. The molecule has 0 spiro atoms. The molecule has 1 amide bonds. The van der Waals surface area contributed by atoms with Crippen LogP contribution in [-0.4, -0.2) is 28.9 Å². The molecule has 148 valence electrons. The van der Waals surface area contributed by atoms with E-state index in [9.17, 15) is 9.59 Å². The SMILES string of the molecule is O=C(Cn1ncc2ccccc2c1=O)NC(c1ccc2c(c1)OCCO2)C1CC1. The molecule has 1 aliphatic heterocycles. The largest absolute Gasteiger partial charge is 0.486 e. The molecular formula is C22H21N3O4. The Balaban J connectivity index is 1.36. The van der Waals surface area contributed by atoms with Crippen LogP contribution in [0.15, 0.2) is 53.5 Å². The molecule has 3 aromatic rings. The van der Waals surface area contributed by atoms with E-state index < -0.39 is 0 Å². The highest BCUT2D eigenvalue weighted by Gasteiger charge is 2.34. The van der Waals surface area contributed by atoms with E-state index in [0.29, 0.717) is 30.3 Å². The summed E-state index contributed by atoms with van der Waals surface area (Å²) < 4.78 is 12.5. The summed E-state index contributed by atoms with van der Waals surface area (Å²) in [6.45, 7) is 0.952. The average Bonchev–Trinajstić information content (AvgIpc) is 3.59. The van der Waals surface area contributed by atoms with Gasteiger partial charge in [-0.1, -0.05) is 24.3 Å². The van der Waals surface area contributed by atoms with Crippen LogP contribution in [0, 0.1) is 5.92 Å². The molecule has 7 nitrogen and oxygen atoms in total. The summed E-state index contributed by atoms with van der Waals surface area (Å²) in [5, 5.41) is 8.56. The first-order valence-corrected chi connectivity index (χ1v) is 9.83. The number of amides is 1. The van der Waals surface area contributed by atoms with Crippen LogP contribution in [0.1, 0.15) is 24.4 Å². The molecular weight excluding hydrogens is 370 g/mol. The van der Waals surface area contributed by atoms with Crippen LogP contribution in [0.3, 0.4) is 0 Å². The molecule has 0 bridgehead atoms. The van der Waals surface area contributed by atoms with Gasteiger partial charge in [-0.15, -0.1) is 0 Å². The minimum absolute atomic E-state index is 0.114. The summed E-state index contributed by atoms with van der Waals surface area (Å²) in [5.41, 5.74) is 0.726. The summed E-state index contributed by atoms with van der Waals surface area (Å²) in [5.74, 6) is 1.60. The number of fused-ring (bicyclic) bond motifs is 2. The Kier molecular flexibility index (Phi) is 4.42. The Bertz CT molecular complexity index is 1140. The lowest BCUT2D eigenvalue weighted by atomic mass is 10.0. The molecule has 29 heavy (non-hydrogen) atoms. The van der Waals surface area contributed by atoms with E-state index in [2.05, 4.69) is 10.4 Å². The fourth-order valence-corrected chi connectivity index (χ4v) is 3.75. The van der Waals surface area contributed by atoms with Crippen molar-refractivity contribution in [3.05, 3.63) is 64.6 Å². The van der Waals surface area contributed by atoms with Crippen molar-refractivity contribution in [3.8, 4) is 11.5 Å². The number of nitrogens with one attached hydrogen (secondary N) is 1. The molecule has 2 heterocycles. The molecule has 1 saturated carbocycles. The minimum Gasteiger partial charge on any atom is -0.486 e. The Hall–Kier alpha value is -3.35. The highest BCUT2D eigenvalue weighted by molar-refractivity contribution is 5.81. The van der Waals surface area contributed by atoms with Crippen molar-refractivity contribution in [2.75, 3.05) is 13.2 Å². The molecule has 1 aromatic heterocycles. The van der Waals surface area contributed by atoms with Crippen LogP contribution < -0.4 is 20.3 Å². The maximum Gasteiger partial charge on any atom is 0.275 e. The minimum atomic E-state index is -0.263. The zero-order chi connectivity index (χ0) is 19.8. The lowest BCUT2D eigenvalue weighted by Crippen LogP contribution is -2.36. The summed E-state index contributed by atoms with van der Waals surface area (Å²) >= 11 is 0. The lowest BCUT2D eigenvalue weighted by Gasteiger charge is -2.23. The van der Waals surface area contributed by atoms with Gasteiger partial charge >= 0.3 is 0 Å². The first-order chi connectivity index (χ1) is 14.2. The van der Waals surface area contributed by atoms with Crippen molar-refractivity contribution in [3.63, 3.8) is 0 Å². The van der Waals surface area contributed by atoms with Gasteiger partial charge in [0.2, 0.25) is 5.91 Å². The van der Waals surface area contributed by atoms with Crippen LogP contribution in [-0.2, 0) is 11.3 Å². The van der Waals surface area contributed by atoms with Crippen molar-refractivity contribution in [2.24, 2.45) is 5.92 Å². The Morgan fingerprint density at radius 3 is 2.76 bits per heavy atom. The standard InChI is InChI=1S/C22H21N3O4/c26-20(13-25-22(27)17-4-2-1-3-16(17)12-23-25)24-21(14-5-6-14)15-7-8-18-19(11-15)29-10-9-28-18/h1-4,7-8,11-12,14,21H,5-6,9-10,13H2,(H,24,26). The maximum atomic E-state index is 12.7. The number of hydrogen-bond acceptors (Lipinski definition) is 5. The summed E-state index contributed by atoms with van der Waals surface area (Å²) in [6.07, 6.45) is 3.74. The number of ether oxygens (including phenoxy) is 2. The van der Waals surface area contributed by atoms with Crippen LogP contribution >= 0.6 is 0 Å². The topological polar surface area (TPSA) is 82.5 Å². The van der Waals surface area contributed by atoms with Gasteiger partial charge < -0.3 is 14.8 Å². The third-order valence-electron chi connectivity index (χ3n) is 5.39. The highest BCUT2D eigenvalue weighted by Crippen LogP contribution is 2.43. The number of rotatable bonds is 5. The van der Waals surface area contributed by atoms with Gasteiger partial charge in [0.05, 0.1) is 17.6 Å². The first kappa shape index (κ1) is 17.7. The first-order valence-electron chi connectivity index (χ1n) is 9.83. The lowest BCUT2D eigenvalue weighted by molar-refractivity contribution is -0.122. The third-order valence-corrected chi connectivity index (χ3v) is 5.39. The molecule has 2 aliphatic rings. The monoisotopic (exact) mass is 391 g/mol. The van der Waals surface area contributed by atoms with E-state index in [1.54, 1.807) is 18.3 Å². The van der Waals surface area contributed by atoms with Crippen LogP contribution in [0.5, 0.6) is 11.5 Å². The van der Waals surface area contributed by atoms with E-state index in [1.165, 1.54) is 4.68 Å². The van der Waals surface area contributed by atoms with E-state index >= 15 is 0 Å². The zero-order valence-electron chi connectivity index (χ0n) is 15.8. The van der Waals surface area contributed by atoms with E-state index in [-0.39, 0.29) is 24.1 Å². The van der Waals surface area contributed by atoms with Gasteiger partial charge in [0.1, 0.15) is 19.8 Å². The Morgan fingerprint density at radius 2 is 1.93 bits per heavy atom. The normalized spacial score (nSPS) is 16.4. The second-order valence-electron chi connectivity index (χ2n) is 7.48. The van der Waals surface area contributed by atoms with Crippen molar-refractivity contribution >= 4 is 16.7 Å². The fraction of sp³-hybridized carbons (Fsp3) is 0.318.